The van der Waals surface area contributed by atoms with E-state index in [0.29, 0.717) is 22.1 Å². The Bertz CT molecular complexity index is 1050. The summed E-state index contributed by atoms with van der Waals surface area (Å²) in [4.78, 5) is 36.2. The monoisotopic (exact) mass is 400 g/mol. The first-order chi connectivity index (χ1) is 13.4. The van der Waals surface area contributed by atoms with Crippen molar-refractivity contribution in [3.63, 3.8) is 0 Å². The van der Waals surface area contributed by atoms with Crippen molar-refractivity contribution in [1.29, 1.82) is 0 Å². The van der Waals surface area contributed by atoms with Crippen molar-refractivity contribution < 1.29 is 24.5 Å². The summed E-state index contributed by atoms with van der Waals surface area (Å²) >= 11 is 1.38. The van der Waals surface area contributed by atoms with E-state index in [4.69, 9.17) is 5.11 Å². The van der Waals surface area contributed by atoms with Gasteiger partial charge in [0.25, 0.3) is 0 Å². The van der Waals surface area contributed by atoms with E-state index in [1.807, 2.05) is 6.92 Å². The number of carbonyl (C=O) groups excluding carboxylic acids is 1. The van der Waals surface area contributed by atoms with Gasteiger partial charge in [-0.15, -0.1) is 11.3 Å². The smallest absolute Gasteiger partial charge is 0.407 e. The molecular weight excluding hydrogens is 384 g/mol. The van der Waals surface area contributed by atoms with Crippen LogP contribution in [0.1, 0.15) is 21.1 Å². The summed E-state index contributed by atoms with van der Waals surface area (Å²) in [5.41, 5.74) is 1.67. The van der Waals surface area contributed by atoms with Gasteiger partial charge in [0.05, 0.1) is 29.9 Å². The predicted molar refractivity (Wildman–Crippen MR) is 101 cm³/mol. The lowest BCUT2D eigenvalue weighted by atomic mass is 10.1. The highest BCUT2D eigenvalue weighted by molar-refractivity contribution is 7.15. The van der Waals surface area contributed by atoms with E-state index < -0.39 is 12.1 Å². The molecule has 3 rings (SSSR count). The maximum atomic E-state index is 11.2. The topological polar surface area (TPSA) is 135 Å². The average Bonchev–Trinajstić information content (AvgIpc) is 3.06. The van der Waals surface area contributed by atoms with Crippen LogP contribution in [-0.4, -0.2) is 44.3 Å². The molecule has 0 atom stereocenters. The second kappa shape index (κ2) is 8.01. The van der Waals surface area contributed by atoms with Gasteiger partial charge in [0, 0.05) is 11.8 Å². The van der Waals surface area contributed by atoms with E-state index >= 15 is 0 Å². The van der Waals surface area contributed by atoms with Crippen LogP contribution in [-0.2, 0) is 11.3 Å². The van der Waals surface area contributed by atoms with Crippen molar-refractivity contribution in [1.82, 2.24) is 20.3 Å². The number of benzene rings is 1. The first-order valence-corrected chi connectivity index (χ1v) is 8.89. The fourth-order valence-electron chi connectivity index (χ4n) is 2.46. The Morgan fingerprint density at radius 1 is 1.25 bits per heavy atom. The Morgan fingerprint density at radius 2 is 2.04 bits per heavy atom. The van der Waals surface area contributed by atoms with Crippen molar-refractivity contribution in [2.24, 2.45) is 0 Å². The number of ether oxygens (including phenoxy) is 1. The molecule has 1 aromatic carbocycles. The molecule has 144 valence electrons. The van der Waals surface area contributed by atoms with Gasteiger partial charge >= 0.3 is 12.1 Å². The standard InChI is InChI=1S/C18H16N4O5S/c1-9-15(28-14(21-9)8-20-18(26)27-2)12-5-6-19-16(22-12)10-3-4-11(17(24)25)13(23)7-10/h3-7,23H,8H2,1-2H3,(H,20,26)(H,24,25). The van der Waals surface area contributed by atoms with Gasteiger partial charge < -0.3 is 20.3 Å². The van der Waals surface area contributed by atoms with Gasteiger partial charge in [-0.05, 0) is 25.1 Å². The molecule has 3 aromatic rings. The van der Waals surface area contributed by atoms with Crippen LogP contribution in [0.4, 0.5) is 4.79 Å². The van der Waals surface area contributed by atoms with E-state index in [1.165, 1.54) is 36.6 Å². The van der Waals surface area contributed by atoms with Crippen LogP contribution in [0, 0.1) is 6.92 Å². The number of amides is 1. The van der Waals surface area contributed by atoms with Crippen LogP contribution < -0.4 is 5.32 Å². The van der Waals surface area contributed by atoms with Crippen molar-refractivity contribution in [3.05, 3.63) is 46.7 Å². The largest absolute Gasteiger partial charge is 0.507 e. The number of aromatic hydroxyl groups is 1. The Kier molecular flexibility index (Phi) is 5.50. The second-order valence-electron chi connectivity index (χ2n) is 5.67. The van der Waals surface area contributed by atoms with Crippen LogP contribution >= 0.6 is 11.3 Å². The van der Waals surface area contributed by atoms with E-state index in [1.54, 1.807) is 12.3 Å². The van der Waals surface area contributed by atoms with Gasteiger partial charge in [-0.1, -0.05) is 6.07 Å². The molecule has 1 amide bonds. The summed E-state index contributed by atoms with van der Waals surface area (Å²) in [5, 5.41) is 22.2. The molecule has 0 unspecified atom stereocenters. The van der Waals surface area contributed by atoms with Crippen LogP contribution in [0.15, 0.2) is 30.5 Å². The number of hydrogen-bond donors (Lipinski definition) is 3. The number of hydrogen-bond acceptors (Lipinski definition) is 8. The molecule has 0 aliphatic carbocycles. The Labute approximate surface area is 163 Å². The minimum absolute atomic E-state index is 0.194. The highest BCUT2D eigenvalue weighted by Crippen LogP contribution is 2.30. The first kappa shape index (κ1) is 19.2. The Morgan fingerprint density at radius 3 is 2.71 bits per heavy atom. The van der Waals surface area contributed by atoms with Crippen molar-refractivity contribution >= 4 is 23.4 Å². The van der Waals surface area contributed by atoms with E-state index in [9.17, 15) is 14.7 Å². The maximum absolute atomic E-state index is 11.2. The zero-order valence-electron chi connectivity index (χ0n) is 15.0. The van der Waals surface area contributed by atoms with Gasteiger partial charge in [-0.2, -0.15) is 0 Å². The Hall–Kier alpha value is -3.53. The number of nitrogens with one attached hydrogen (secondary N) is 1. The SMILES string of the molecule is COC(=O)NCc1nc(C)c(-c2ccnc(-c3ccc(C(=O)O)c(O)c3)n2)s1. The maximum Gasteiger partial charge on any atom is 0.407 e. The number of aromatic nitrogens is 3. The quantitative estimate of drug-likeness (QED) is 0.595. The average molecular weight is 400 g/mol. The second-order valence-corrected chi connectivity index (χ2v) is 6.75. The highest BCUT2D eigenvalue weighted by Gasteiger charge is 2.15. The minimum atomic E-state index is -1.22. The molecule has 0 saturated heterocycles. The lowest BCUT2D eigenvalue weighted by molar-refractivity contribution is 0.0693. The van der Waals surface area contributed by atoms with Crippen molar-refractivity contribution in [3.8, 4) is 27.7 Å². The van der Waals surface area contributed by atoms with Crippen molar-refractivity contribution in [2.75, 3.05) is 7.11 Å². The third-order valence-electron chi connectivity index (χ3n) is 3.78. The number of thiazole rings is 1. The summed E-state index contributed by atoms with van der Waals surface area (Å²) in [6.07, 6.45) is 1.04. The lowest BCUT2D eigenvalue weighted by Crippen LogP contribution is -2.22. The number of phenols is 1. The van der Waals surface area contributed by atoms with Gasteiger partial charge in [-0.3, -0.25) is 0 Å². The van der Waals surface area contributed by atoms with Gasteiger partial charge in [0.2, 0.25) is 0 Å². The molecule has 9 nitrogen and oxygen atoms in total. The molecule has 10 heteroatoms. The normalized spacial score (nSPS) is 10.5. The summed E-state index contributed by atoms with van der Waals surface area (Å²) in [6.45, 7) is 2.07. The van der Waals surface area contributed by atoms with Crippen LogP contribution in [0.2, 0.25) is 0 Å². The summed E-state index contributed by atoms with van der Waals surface area (Å²) in [6, 6.07) is 5.88. The molecular formula is C18H16N4O5S. The predicted octanol–water partition coefficient (Wildman–Crippen LogP) is 2.84. The molecule has 0 aliphatic rings. The molecule has 0 spiro atoms. The molecule has 0 fully saturated rings. The molecule has 3 N–H and O–H groups in total. The number of rotatable bonds is 5. The number of carboxylic acids is 1. The zero-order chi connectivity index (χ0) is 20.3. The van der Waals surface area contributed by atoms with E-state index in [-0.39, 0.29) is 17.9 Å². The molecule has 0 radical (unpaired) electrons. The minimum Gasteiger partial charge on any atom is -0.507 e. The third-order valence-corrected chi connectivity index (χ3v) is 4.96. The highest BCUT2D eigenvalue weighted by atomic mass is 32.1. The van der Waals surface area contributed by atoms with Crippen molar-refractivity contribution in [2.45, 2.75) is 13.5 Å². The number of alkyl carbamates (subject to hydrolysis) is 1. The van der Waals surface area contributed by atoms with E-state index in [2.05, 4.69) is 25.0 Å². The number of carboxylic acid groups (broad SMARTS) is 1. The summed E-state index contributed by atoms with van der Waals surface area (Å²) < 4.78 is 4.54. The fraction of sp³-hybridized carbons (Fsp3) is 0.167. The lowest BCUT2D eigenvalue weighted by Gasteiger charge is -2.05. The first-order valence-electron chi connectivity index (χ1n) is 8.07. The molecule has 2 heterocycles. The molecule has 0 saturated carbocycles. The molecule has 2 aromatic heterocycles. The van der Waals surface area contributed by atoms with Crippen LogP contribution in [0.25, 0.3) is 22.0 Å². The fourth-order valence-corrected chi connectivity index (χ4v) is 3.44. The summed E-state index contributed by atoms with van der Waals surface area (Å²) in [7, 11) is 1.29. The van der Waals surface area contributed by atoms with Gasteiger partial charge in [0.1, 0.15) is 16.3 Å². The zero-order valence-corrected chi connectivity index (χ0v) is 15.8. The van der Waals surface area contributed by atoms with Gasteiger partial charge in [-0.25, -0.2) is 24.5 Å². The van der Waals surface area contributed by atoms with Crippen LogP contribution in [0.3, 0.4) is 0 Å². The number of carbonyl (C=O) groups is 2. The molecule has 0 aliphatic heterocycles. The number of aryl methyl sites for hydroxylation is 1. The van der Waals surface area contributed by atoms with Crippen LogP contribution in [0.5, 0.6) is 5.75 Å². The third kappa shape index (κ3) is 4.07. The van der Waals surface area contributed by atoms with Gasteiger partial charge in [0.15, 0.2) is 5.82 Å². The number of aromatic carboxylic acids is 1. The summed E-state index contributed by atoms with van der Waals surface area (Å²) in [5.74, 6) is -1.23. The Balaban J connectivity index is 1.90. The number of methoxy groups -OCH3 is 1. The van der Waals surface area contributed by atoms with E-state index in [0.717, 1.165) is 10.6 Å². The molecule has 0 bridgehead atoms. The molecule has 28 heavy (non-hydrogen) atoms. The number of nitrogens with zero attached hydrogens (tertiary/aromatic N) is 3.